The molecule has 0 aromatic carbocycles. The Kier molecular flexibility index (Phi) is 5.30. The lowest BCUT2D eigenvalue weighted by Gasteiger charge is -2.38. The zero-order chi connectivity index (χ0) is 17.3. The van der Waals surface area contributed by atoms with Gasteiger partial charge in [-0.3, -0.25) is 4.79 Å². The highest BCUT2D eigenvalue weighted by molar-refractivity contribution is 9.10. The number of pyridine rings is 1. The normalized spacial score (nSPS) is 24.1. The first-order valence-electron chi connectivity index (χ1n) is 8.08. The van der Waals surface area contributed by atoms with Crippen molar-refractivity contribution in [2.45, 2.75) is 31.6 Å². The molecule has 2 saturated heterocycles. The van der Waals surface area contributed by atoms with E-state index in [0.717, 1.165) is 23.9 Å². The number of hydrogen-bond acceptors (Lipinski definition) is 3. The van der Waals surface area contributed by atoms with Crippen LogP contribution in [-0.4, -0.2) is 47.9 Å². The Balaban J connectivity index is 1.66. The van der Waals surface area contributed by atoms with Gasteiger partial charge in [0.1, 0.15) is 5.82 Å². The number of amides is 1. The van der Waals surface area contributed by atoms with Crippen molar-refractivity contribution in [3.8, 4) is 0 Å². The summed E-state index contributed by atoms with van der Waals surface area (Å²) in [5, 5.41) is 0.537. The number of piperidine rings is 2. The van der Waals surface area contributed by atoms with E-state index < -0.39 is 5.92 Å². The molecule has 2 aliphatic heterocycles. The summed E-state index contributed by atoms with van der Waals surface area (Å²) < 4.78 is 27.3. The molecule has 4 nitrogen and oxygen atoms in total. The van der Waals surface area contributed by atoms with E-state index in [1.54, 1.807) is 17.2 Å². The number of carbonyl (C=O) groups excluding carboxylic acids is 1. The zero-order valence-electron chi connectivity index (χ0n) is 13.2. The molecule has 0 saturated carbocycles. The third-order valence-electron chi connectivity index (χ3n) is 4.67. The van der Waals surface area contributed by atoms with Crippen LogP contribution in [-0.2, 0) is 4.79 Å². The van der Waals surface area contributed by atoms with Gasteiger partial charge in [0.05, 0.1) is 10.9 Å². The van der Waals surface area contributed by atoms with Gasteiger partial charge in [-0.2, -0.15) is 0 Å². The van der Waals surface area contributed by atoms with Crippen LogP contribution in [0.25, 0.3) is 0 Å². The lowest BCUT2D eigenvalue weighted by atomic mass is 9.95. The van der Waals surface area contributed by atoms with Gasteiger partial charge in [-0.15, -0.1) is 0 Å². The van der Waals surface area contributed by atoms with Crippen LogP contribution < -0.4 is 4.90 Å². The van der Waals surface area contributed by atoms with E-state index in [2.05, 4.69) is 20.9 Å². The summed E-state index contributed by atoms with van der Waals surface area (Å²) in [5.74, 6) is -2.18. The third kappa shape index (κ3) is 3.99. The molecule has 24 heavy (non-hydrogen) atoms. The Bertz CT molecular complexity index is 621. The second kappa shape index (κ2) is 7.12. The summed E-state index contributed by atoms with van der Waals surface area (Å²) in [6.07, 6.45) is 2.83. The molecule has 1 aromatic rings. The highest BCUT2D eigenvalue weighted by atomic mass is 79.9. The number of aromatic nitrogens is 1. The van der Waals surface area contributed by atoms with Gasteiger partial charge >= 0.3 is 0 Å². The average molecular weight is 423 g/mol. The maximum atomic E-state index is 13.3. The van der Waals surface area contributed by atoms with Gasteiger partial charge in [0.15, 0.2) is 0 Å². The summed E-state index contributed by atoms with van der Waals surface area (Å²) in [4.78, 5) is 20.6. The van der Waals surface area contributed by atoms with Crippen molar-refractivity contribution < 1.29 is 13.6 Å². The number of carbonyl (C=O) groups is 1. The molecule has 2 fully saturated rings. The van der Waals surface area contributed by atoms with Crippen LogP contribution in [0.4, 0.5) is 14.6 Å². The van der Waals surface area contributed by atoms with Gasteiger partial charge in [-0.25, -0.2) is 13.8 Å². The van der Waals surface area contributed by atoms with Crippen LogP contribution in [0, 0.1) is 5.92 Å². The summed E-state index contributed by atoms with van der Waals surface area (Å²) in [6.45, 7) is 1.59. The molecule has 8 heteroatoms. The molecular formula is C16H19BrClF2N3O. The Morgan fingerprint density at radius 3 is 2.71 bits per heavy atom. The SMILES string of the molecule is O=C(C1CCCN(c2ncc(Br)cc2Cl)C1)N1CCC(F)(F)CC1. The Morgan fingerprint density at radius 2 is 2.04 bits per heavy atom. The molecule has 0 aliphatic carbocycles. The molecule has 1 amide bonds. The van der Waals surface area contributed by atoms with Crippen molar-refractivity contribution in [1.82, 2.24) is 9.88 Å². The molecule has 2 aliphatic rings. The van der Waals surface area contributed by atoms with Crippen molar-refractivity contribution in [3.05, 3.63) is 21.8 Å². The fraction of sp³-hybridized carbons (Fsp3) is 0.625. The van der Waals surface area contributed by atoms with Gasteiger partial charge in [0.25, 0.3) is 5.92 Å². The predicted molar refractivity (Wildman–Crippen MR) is 92.6 cm³/mol. The van der Waals surface area contributed by atoms with E-state index in [0.29, 0.717) is 17.4 Å². The molecule has 1 atom stereocenters. The summed E-state index contributed by atoms with van der Waals surface area (Å²) in [7, 11) is 0. The number of likely N-dealkylation sites (tertiary alicyclic amines) is 1. The summed E-state index contributed by atoms with van der Waals surface area (Å²) in [6, 6.07) is 1.78. The fourth-order valence-electron chi connectivity index (χ4n) is 3.32. The van der Waals surface area contributed by atoms with Crippen LogP contribution in [0.3, 0.4) is 0 Å². The largest absolute Gasteiger partial charge is 0.355 e. The number of halogens is 4. The standard InChI is InChI=1S/C16H19BrClF2N3O/c17-12-8-13(18)14(21-9-12)23-5-1-2-11(10-23)15(24)22-6-3-16(19,20)4-7-22/h8-9,11H,1-7,10H2. The highest BCUT2D eigenvalue weighted by Crippen LogP contribution is 2.32. The molecule has 3 heterocycles. The van der Waals surface area contributed by atoms with Crippen molar-refractivity contribution in [1.29, 1.82) is 0 Å². The van der Waals surface area contributed by atoms with Gasteiger partial charge in [0.2, 0.25) is 5.91 Å². The first-order valence-corrected chi connectivity index (χ1v) is 9.25. The van der Waals surface area contributed by atoms with Gasteiger partial charge in [0, 0.05) is 49.7 Å². The van der Waals surface area contributed by atoms with Gasteiger partial charge in [-0.1, -0.05) is 11.6 Å². The van der Waals surface area contributed by atoms with E-state index in [-0.39, 0.29) is 37.8 Å². The fourth-order valence-corrected chi connectivity index (χ4v) is 4.07. The number of hydrogen-bond donors (Lipinski definition) is 0. The molecule has 3 rings (SSSR count). The first-order chi connectivity index (χ1) is 11.4. The number of alkyl halides is 2. The lowest BCUT2D eigenvalue weighted by molar-refractivity contribution is -0.141. The molecule has 0 spiro atoms. The smallest absolute Gasteiger partial charge is 0.251 e. The molecule has 0 N–H and O–H groups in total. The second-order valence-electron chi connectivity index (χ2n) is 6.43. The van der Waals surface area contributed by atoms with Crippen molar-refractivity contribution >= 4 is 39.3 Å². The van der Waals surface area contributed by atoms with E-state index in [1.165, 1.54) is 0 Å². The Labute approximate surface area is 153 Å². The second-order valence-corrected chi connectivity index (χ2v) is 7.75. The van der Waals surface area contributed by atoms with Crippen molar-refractivity contribution in [2.75, 3.05) is 31.1 Å². The first kappa shape index (κ1) is 17.9. The third-order valence-corrected chi connectivity index (χ3v) is 5.38. The summed E-state index contributed by atoms with van der Waals surface area (Å²) >= 11 is 9.59. The minimum atomic E-state index is -2.63. The van der Waals surface area contributed by atoms with E-state index in [9.17, 15) is 13.6 Å². The van der Waals surface area contributed by atoms with Crippen LogP contribution in [0.15, 0.2) is 16.7 Å². The maximum absolute atomic E-state index is 13.3. The number of nitrogens with zero attached hydrogens (tertiary/aromatic N) is 3. The highest BCUT2D eigenvalue weighted by Gasteiger charge is 2.38. The average Bonchev–Trinajstić information content (AvgIpc) is 2.54. The van der Waals surface area contributed by atoms with Crippen LogP contribution in [0.1, 0.15) is 25.7 Å². The van der Waals surface area contributed by atoms with E-state index in [4.69, 9.17) is 11.6 Å². The Hall–Kier alpha value is -0.950. The molecule has 0 bridgehead atoms. The minimum Gasteiger partial charge on any atom is -0.355 e. The van der Waals surface area contributed by atoms with Gasteiger partial charge in [-0.05, 0) is 34.8 Å². The molecule has 1 unspecified atom stereocenters. The number of anilines is 1. The van der Waals surface area contributed by atoms with Crippen LogP contribution in [0.5, 0.6) is 0 Å². The lowest BCUT2D eigenvalue weighted by Crippen LogP contribution is -2.49. The summed E-state index contributed by atoms with van der Waals surface area (Å²) in [5.41, 5.74) is 0. The van der Waals surface area contributed by atoms with Crippen molar-refractivity contribution in [3.63, 3.8) is 0 Å². The topological polar surface area (TPSA) is 36.4 Å². The van der Waals surface area contributed by atoms with Crippen LogP contribution in [0.2, 0.25) is 5.02 Å². The minimum absolute atomic E-state index is 0.0246. The zero-order valence-corrected chi connectivity index (χ0v) is 15.5. The Morgan fingerprint density at radius 1 is 1.33 bits per heavy atom. The van der Waals surface area contributed by atoms with E-state index in [1.807, 2.05) is 4.90 Å². The number of rotatable bonds is 2. The predicted octanol–water partition coefficient (Wildman–Crippen LogP) is 3.97. The molecular weight excluding hydrogens is 404 g/mol. The van der Waals surface area contributed by atoms with Crippen LogP contribution >= 0.6 is 27.5 Å². The van der Waals surface area contributed by atoms with Gasteiger partial charge < -0.3 is 9.80 Å². The molecule has 0 radical (unpaired) electrons. The molecule has 132 valence electrons. The van der Waals surface area contributed by atoms with E-state index >= 15 is 0 Å². The van der Waals surface area contributed by atoms with Crippen molar-refractivity contribution in [2.24, 2.45) is 5.92 Å². The monoisotopic (exact) mass is 421 g/mol. The maximum Gasteiger partial charge on any atom is 0.251 e. The quantitative estimate of drug-likeness (QED) is 0.723. The molecule has 1 aromatic heterocycles.